The molecule has 0 aliphatic heterocycles. The number of nitrogens with zero attached hydrogens (tertiary/aromatic N) is 2. The highest BCUT2D eigenvalue weighted by atomic mass is 35.5. The van der Waals surface area contributed by atoms with Crippen LogP contribution < -0.4 is 11.0 Å². The van der Waals surface area contributed by atoms with Crippen molar-refractivity contribution in [1.29, 1.82) is 0 Å². The van der Waals surface area contributed by atoms with Gasteiger partial charge >= 0.3 is 0 Å². The predicted molar refractivity (Wildman–Crippen MR) is 103 cm³/mol. The molecule has 8 nitrogen and oxygen atoms in total. The van der Waals surface area contributed by atoms with Crippen molar-refractivity contribution in [3.05, 3.63) is 69.6 Å². The van der Waals surface area contributed by atoms with Crippen molar-refractivity contribution < 1.29 is 15.3 Å². The van der Waals surface area contributed by atoms with E-state index in [2.05, 4.69) is 20.5 Å². The highest BCUT2D eigenvalue weighted by Gasteiger charge is 2.27. The minimum atomic E-state index is -1.64. The fourth-order valence-corrected chi connectivity index (χ4v) is 2.57. The molecule has 0 bridgehead atoms. The van der Waals surface area contributed by atoms with Crippen LogP contribution in [0, 0.1) is 0 Å². The Kier molecular flexibility index (Phi) is 5.82. The normalized spacial score (nSPS) is 14.1. The second kappa shape index (κ2) is 8.28. The third-order valence-corrected chi connectivity index (χ3v) is 4.04. The lowest BCUT2D eigenvalue weighted by molar-refractivity contribution is 0.0185. The number of aromatic amines is 1. The first-order valence-electron chi connectivity index (χ1n) is 8.05. The molecule has 2 unspecified atom stereocenters. The maximum absolute atomic E-state index is 12.5. The van der Waals surface area contributed by atoms with Crippen molar-refractivity contribution in [2.45, 2.75) is 12.2 Å². The standard InChI is InChI=1S/C18H17ClN4O4/c19-10-6-7-12-13(8-10)20-16(18(27)21-12)15(17(26)14(25)9-24)23-22-11-4-2-1-3-5-11/h1-8,14,17,22,24-26H,9H2,(H,21,27). The molecule has 140 valence electrons. The van der Waals surface area contributed by atoms with Gasteiger partial charge in [-0.2, -0.15) is 5.10 Å². The number of aromatic nitrogens is 2. The Labute approximate surface area is 158 Å². The Hall–Kier alpha value is -2.78. The molecule has 0 amide bonds. The minimum absolute atomic E-state index is 0.201. The number of anilines is 1. The summed E-state index contributed by atoms with van der Waals surface area (Å²) >= 11 is 5.97. The molecule has 0 aliphatic rings. The number of fused-ring (bicyclic) bond motifs is 1. The van der Waals surface area contributed by atoms with Crippen molar-refractivity contribution in [2.75, 3.05) is 12.0 Å². The lowest BCUT2D eigenvalue weighted by atomic mass is 10.1. The summed E-state index contributed by atoms with van der Waals surface area (Å²) in [5.41, 5.74) is 3.12. The SMILES string of the molecule is O=c1[nH]c2ccc(Cl)cc2nc1C(=NNc1ccccc1)C(O)C(O)CO. The first-order valence-corrected chi connectivity index (χ1v) is 8.43. The van der Waals surface area contributed by atoms with Crippen LogP contribution in [0.15, 0.2) is 58.4 Å². The summed E-state index contributed by atoms with van der Waals surface area (Å²) in [4.78, 5) is 19.3. The first-order chi connectivity index (χ1) is 13.0. The second-order valence-corrected chi connectivity index (χ2v) is 6.18. The Morgan fingerprint density at radius 2 is 1.96 bits per heavy atom. The maximum Gasteiger partial charge on any atom is 0.276 e. The number of benzene rings is 2. The molecule has 0 fully saturated rings. The number of hydrogen-bond donors (Lipinski definition) is 5. The highest BCUT2D eigenvalue weighted by Crippen LogP contribution is 2.16. The van der Waals surface area contributed by atoms with Gasteiger partial charge in [0.1, 0.15) is 17.9 Å². The van der Waals surface area contributed by atoms with E-state index in [1.54, 1.807) is 42.5 Å². The first kappa shape index (κ1) is 19.0. The predicted octanol–water partition coefficient (Wildman–Crippen LogP) is 1.11. The molecule has 5 N–H and O–H groups in total. The number of rotatable bonds is 6. The molecule has 9 heteroatoms. The van der Waals surface area contributed by atoms with E-state index in [1.807, 2.05) is 6.07 Å². The van der Waals surface area contributed by atoms with Gasteiger partial charge in [-0.1, -0.05) is 29.8 Å². The zero-order valence-corrected chi connectivity index (χ0v) is 14.8. The van der Waals surface area contributed by atoms with Gasteiger partial charge in [0.2, 0.25) is 0 Å². The van der Waals surface area contributed by atoms with Crippen LogP contribution in [0.1, 0.15) is 5.69 Å². The second-order valence-electron chi connectivity index (χ2n) is 5.75. The van der Waals surface area contributed by atoms with Crippen LogP contribution in [-0.2, 0) is 0 Å². The van der Waals surface area contributed by atoms with E-state index in [0.717, 1.165) is 0 Å². The van der Waals surface area contributed by atoms with Gasteiger partial charge in [-0.25, -0.2) is 4.98 Å². The zero-order valence-electron chi connectivity index (χ0n) is 14.0. The van der Waals surface area contributed by atoms with Gasteiger partial charge in [0, 0.05) is 5.02 Å². The fourth-order valence-electron chi connectivity index (χ4n) is 2.41. The van der Waals surface area contributed by atoms with E-state index in [0.29, 0.717) is 21.7 Å². The number of para-hydroxylation sites is 1. The quantitative estimate of drug-likeness (QED) is 0.317. The van der Waals surface area contributed by atoms with Gasteiger partial charge in [0.15, 0.2) is 5.69 Å². The molecule has 3 rings (SSSR count). The van der Waals surface area contributed by atoms with E-state index in [-0.39, 0.29) is 11.4 Å². The summed E-state index contributed by atoms with van der Waals surface area (Å²) in [5, 5.41) is 33.8. The Balaban J connectivity index is 2.10. The van der Waals surface area contributed by atoms with Crippen LogP contribution in [0.5, 0.6) is 0 Å². The molecule has 0 saturated carbocycles. The fraction of sp³-hybridized carbons (Fsp3) is 0.167. The molecule has 1 aromatic heterocycles. The molecule has 0 spiro atoms. The van der Waals surface area contributed by atoms with Crippen molar-refractivity contribution >= 4 is 34.0 Å². The lowest BCUT2D eigenvalue weighted by Crippen LogP contribution is -2.40. The summed E-state index contributed by atoms with van der Waals surface area (Å²) in [7, 11) is 0. The molecule has 27 heavy (non-hydrogen) atoms. The topological polar surface area (TPSA) is 131 Å². The lowest BCUT2D eigenvalue weighted by Gasteiger charge is -2.17. The summed E-state index contributed by atoms with van der Waals surface area (Å²) in [5.74, 6) is 0. The molecule has 0 aliphatic carbocycles. The number of hydrazone groups is 1. The molecular formula is C18H17ClN4O4. The average molecular weight is 389 g/mol. The third kappa shape index (κ3) is 4.32. The molecule has 2 aromatic carbocycles. The number of hydrogen-bond acceptors (Lipinski definition) is 7. The number of nitrogens with one attached hydrogen (secondary N) is 2. The van der Waals surface area contributed by atoms with E-state index in [9.17, 15) is 15.0 Å². The van der Waals surface area contributed by atoms with Gasteiger partial charge < -0.3 is 20.3 Å². The van der Waals surface area contributed by atoms with Crippen LogP contribution in [0.3, 0.4) is 0 Å². The molecule has 0 saturated heterocycles. The van der Waals surface area contributed by atoms with Crippen LogP contribution in [0.4, 0.5) is 5.69 Å². The van der Waals surface area contributed by atoms with Crippen LogP contribution in [0.2, 0.25) is 5.02 Å². The average Bonchev–Trinajstić information content (AvgIpc) is 2.68. The van der Waals surface area contributed by atoms with Crippen molar-refractivity contribution in [3.63, 3.8) is 0 Å². The van der Waals surface area contributed by atoms with Crippen LogP contribution in [-0.4, -0.2) is 49.8 Å². The third-order valence-electron chi connectivity index (χ3n) is 3.81. The van der Waals surface area contributed by atoms with E-state index in [4.69, 9.17) is 16.7 Å². The smallest absolute Gasteiger partial charge is 0.276 e. The number of halogens is 1. The van der Waals surface area contributed by atoms with Gasteiger partial charge in [-0.15, -0.1) is 0 Å². The van der Waals surface area contributed by atoms with Crippen LogP contribution in [0.25, 0.3) is 11.0 Å². The van der Waals surface area contributed by atoms with Gasteiger partial charge in [0.25, 0.3) is 5.56 Å². The monoisotopic (exact) mass is 388 g/mol. The largest absolute Gasteiger partial charge is 0.394 e. The van der Waals surface area contributed by atoms with Crippen molar-refractivity contribution in [2.24, 2.45) is 5.10 Å². The van der Waals surface area contributed by atoms with Gasteiger partial charge in [-0.05, 0) is 30.3 Å². The van der Waals surface area contributed by atoms with Crippen molar-refractivity contribution in [3.8, 4) is 0 Å². The maximum atomic E-state index is 12.5. The summed E-state index contributed by atoms with van der Waals surface area (Å²) in [6, 6.07) is 13.6. The highest BCUT2D eigenvalue weighted by molar-refractivity contribution is 6.31. The Bertz CT molecular complexity index is 1020. The zero-order chi connectivity index (χ0) is 19.4. The number of aliphatic hydroxyl groups excluding tert-OH is 3. The van der Waals surface area contributed by atoms with E-state index < -0.39 is 24.4 Å². The molecule has 2 atom stereocenters. The van der Waals surface area contributed by atoms with Gasteiger partial charge in [-0.3, -0.25) is 10.2 Å². The summed E-state index contributed by atoms with van der Waals surface area (Å²) in [6.07, 6.45) is -3.19. The molecule has 0 radical (unpaired) electrons. The summed E-state index contributed by atoms with van der Waals surface area (Å²) < 4.78 is 0. The van der Waals surface area contributed by atoms with Gasteiger partial charge in [0.05, 0.1) is 23.3 Å². The Morgan fingerprint density at radius 1 is 1.22 bits per heavy atom. The minimum Gasteiger partial charge on any atom is -0.394 e. The molecular weight excluding hydrogens is 372 g/mol. The molecule has 3 aromatic rings. The number of H-pyrrole nitrogens is 1. The van der Waals surface area contributed by atoms with E-state index in [1.165, 1.54) is 0 Å². The molecule has 1 heterocycles. The Morgan fingerprint density at radius 3 is 2.67 bits per heavy atom. The van der Waals surface area contributed by atoms with Crippen molar-refractivity contribution in [1.82, 2.24) is 9.97 Å². The van der Waals surface area contributed by atoms with E-state index >= 15 is 0 Å². The van der Waals surface area contributed by atoms with Crippen LogP contribution >= 0.6 is 11.6 Å². The number of aliphatic hydroxyl groups is 3. The summed E-state index contributed by atoms with van der Waals surface area (Å²) in [6.45, 7) is -0.719.